The molecular weight excluding hydrogens is 460 g/mol. The van der Waals surface area contributed by atoms with Crippen molar-refractivity contribution in [2.45, 2.75) is 26.1 Å². The number of nitrogens with zero attached hydrogens (tertiary/aromatic N) is 2. The summed E-state index contributed by atoms with van der Waals surface area (Å²) in [6.07, 6.45) is -2.09. The zero-order valence-corrected chi connectivity index (χ0v) is 16.4. The molecule has 0 spiro atoms. The third-order valence-corrected chi connectivity index (χ3v) is 3.25. The Kier molecular flexibility index (Phi) is 8.62. The standard InChI is InChI=1S/C17H19F3N4O.HI/c1-2-12-3-5-14(6-4-12)24-16(21)23-10-13-7-8-22-15(9-13)25-11-17(18,19)20;/h3-9H,2,10-11H2,1H3,(H3,21,23,24);1H. The number of ether oxygens (including phenoxy) is 1. The maximum atomic E-state index is 12.2. The highest BCUT2D eigenvalue weighted by Gasteiger charge is 2.28. The van der Waals surface area contributed by atoms with E-state index in [2.05, 4.69) is 27.0 Å². The largest absolute Gasteiger partial charge is 0.468 e. The van der Waals surface area contributed by atoms with Gasteiger partial charge in [0.2, 0.25) is 5.88 Å². The molecule has 0 fully saturated rings. The smallest absolute Gasteiger partial charge is 0.422 e. The van der Waals surface area contributed by atoms with Gasteiger partial charge in [0.1, 0.15) is 0 Å². The van der Waals surface area contributed by atoms with Crippen LogP contribution in [0.3, 0.4) is 0 Å². The Labute approximate surface area is 166 Å². The fraction of sp³-hybridized carbons (Fsp3) is 0.294. The van der Waals surface area contributed by atoms with Crippen LogP contribution in [0, 0.1) is 0 Å². The Morgan fingerprint density at radius 2 is 1.88 bits per heavy atom. The van der Waals surface area contributed by atoms with E-state index in [-0.39, 0.29) is 42.4 Å². The van der Waals surface area contributed by atoms with Crippen LogP contribution in [0.15, 0.2) is 47.6 Å². The number of hydrogen-bond acceptors (Lipinski definition) is 3. The number of halogens is 4. The second kappa shape index (κ2) is 10.2. The summed E-state index contributed by atoms with van der Waals surface area (Å²) in [7, 11) is 0. The summed E-state index contributed by atoms with van der Waals surface area (Å²) < 4.78 is 41.1. The summed E-state index contributed by atoms with van der Waals surface area (Å²) in [6.45, 7) is 0.876. The predicted molar refractivity (Wildman–Crippen MR) is 106 cm³/mol. The van der Waals surface area contributed by atoms with Crippen molar-refractivity contribution in [1.82, 2.24) is 4.98 Å². The zero-order valence-electron chi connectivity index (χ0n) is 14.1. The van der Waals surface area contributed by atoms with Crippen LogP contribution in [0.2, 0.25) is 0 Å². The fourth-order valence-corrected chi connectivity index (χ4v) is 1.97. The van der Waals surface area contributed by atoms with E-state index >= 15 is 0 Å². The molecule has 0 saturated carbocycles. The fourth-order valence-electron chi connectivity index (χ4n) is 1.97. The summed E-state index contributed by atoms with van der Waals surface area (Å²) >= 11 is 0. The van der Waals surface area contributed by atoms with Crippen LogP contribution in [-0.4, -0.2) is 23.7 Å². The molecule has 9 heteroatoms. The number of hydrogen-bond donors (Lipinski definition) is 2. The van der Waals surface area contributed by atoms with E-state index in [1.807, 2.05) is 24.3 Å². The Hall–Kier alpha value is -2.04. The van der Waals surface area contributed by atoms with E-state index in [0.29, 0.717) is 5.56 Å². The number of guanidine groups is 1. The van der Waals surface area contributed by atoms with Gasteiger partial charge in [-0.25, -0.2) is 9.98 Å². The number of aliphatic imine (C=N–C) groups is 1. The minimum Gasteiger partial charge on any atom is -0.468 e. The van der Waals surface area contributed by atoms with Crippen molar-refractivity contribution in [2.24, 2.45) is 10.7 Å². The molecule has 0 aliphatic carbocycles. The van der Waals surface area contributed by atoms with Crippen LogP contribution in [0.5, 0.6) is 5.88 Å². The van der Waals surface area contributed by atoms with Gasteiger partial charge in [0.15, 0.2) is 12.6 Å². The third-order valence-electron chi connectivity index (χ3n) is 3.25. The first kappa shape index (κ1) is 22.0. The summed E-state index contributed by atoms with van der Waals surface area (Å²) in [4.78, 5) is 7.90. The van der Waals surface area contributed by atoms with Gasteiger partial charge in [-0.3, -0.25) is 0 Å². The molecule has 0 amide bonds. The van der Waals surface area contributed by atoms with Crippen LogP contribution >= 0.6 is 24.0 Å². The lowest BCUT2D eigenvalue weighted by Gasteiger charge is -2.09. The van der Waals surface area contributed by atoms with Gasteiger partial charge in [0, 0.05) is 18.0 Å². The highest BCUT2D eigenvalue weighted by Crippen LogP contribution is 2.18. The SMILES string of the molecule is CCc1ccc(NC(N)=NCc2ccnc(OCC(F)(F)F)c2)cc1.I. The average molecular weight is 480 g/mol. The molecule has 0 radical (unpaired) electrons. The van der Waals surface area contributed by atoms with E-state index in [4.69, 9.17) is 5.73 Å². The van der Waals surface area contributed by atoms with Crippen LogP contribution < -0.4 is 15.8 Å². The van der Waals surface area contributed by atoms with Crippen molar-refractivity contribution in [3.8, 4) is 5.88 Å². The molecule has 1 aromatic heterocycles. The van der Waals surface area contributed by atoms with E-state index in [1.54, 1.807) is 6.07 Å². The van der Waals surface area contributed by atoms with Crippen LogP contribution in [0.25, 0.3) is 0 Å². The number of aromatic nitrogens is 1. The highest BCUT2D eigenvalue weighted by atomic mass is 127. The molecule has 1 aromatic carbocycles. The van der Waals surface area contributed by atoms with E-state index in [0.717, 1.165) is 12.1 Å². The number of nitrogens with one attached hydrogen (secondary N) is 1. The molecule has 0 saturated heterocycles. The summed E-state index contributed by atoms with van der Waals surface area (Å²) in [6, 6.07) is 10.8. The van der Waals surface area contributed by atoms with Gasteiger partial charge < -0.3 is 15.8 Å². The Morgan fingerprint density at radius 3 is 2.50 bits per heavy atom. The van der Waals surface area contributed by atoms with Crippen LogP contribution in [0.4, 0.5) is 18.9 Å². The summed E-state index contributed by atoms with van der Waals surface area (Å²) in [5.74, 6) is 0.102. The first-order valence-corrected chi connectivity index (χ1v) is 7.66. The molecule has 0 unspecified atom stereocenters. The van der Waals surface area contributed by atoms with Gasteiger partial charge in [0.25, 0.3) is 0 Å². The molecule has 26 heavy (non-hydrogen) atoms. The number of anilines is 1. The van der Waals surface area contributed by atoms with Crippen molar-refractivity contribution in [1.29, 1.82) is 0 Å². The molecule has 3 N–H and O–H groups in total. The lowest BCUT2D eigenvalue weighted by molar-refractivity contribution is -0.154. The van der Waals surface area contributed by atoms with Crippen molar-refractivity contribution < 1.29 is 17.9 Å². The summed E-state index contributed by atoms with van der Waals surface area (Å²) in [5.41, 5.74) is 8.48. The number of nitrogens with two attached hydrogens (primary N) is 1. The Balaban J connectivity index is 0.00000338. The predicted octanol–water partition coefficient (Wildman–Crippen LogP) is 4.13. The minimum absolute atomic E-state index is 0. The second-order valence-corrected chi connectivity index (χ2v) is 5.28. The number of aryl methyl sites for hydroxylation is 1. The van der Waals surface area contributed by atoms with Crippen molar-refractivity contribution >= 4 is 35.6 Å². The lowest BCUT2D eigenvalue weighted by atomic mass is 10.1. The molecule has 2 rings (SSSR count). The first-order chi connectivity index (χ1) is 11.9. The normalized spacial score (nSPS) is 11.6. The molecule has 5 nitrogen and oxygen atoms in total. The van der Waals surface area contributed by atoms with Gasteiger partial charge in [-0.15, -0.1) is 24.0 Å². The zero-order chi connectivity index (χ0) is 18.3. The van der Waals surface area contributed by atoms with Crippen LogP contribution in [-0.2, 0) is 13.0 Å². The lowest BCUT2D eigenvalue weighted by Crippen LogP contribution is -2.22. The second-order valence-electron chi connectivity index (χ2n) is 5.28. The van der Waals surface area contributed by atoms with Gasteiger partial charge in [-0.2, -0.15) is 13.2 Å². The van der Waals surface area contributed by atoms with Gasteiger partial charge in [-0.05, 0) is 35.7 Å². The van der Waals surface area contributed by atoms with Gasteiger partial charge in [-0.1, -0.05) is 19.1 Å². The molecule has 1 heterocycles. The monoisotopic (exact) mass is 480 g/mol. The van der Waals surface area contributed by atoms with Gasteiger partial charge >= 0.3 is 6.18 Å². The van der Waals surface area contributed by atoms with Crippen LogP contribution in [0.1, 0.15) is 18.1 Å². The van der Waals surface area contributed by atoms with Gasteiger partial charge in [0.05, 0.1) is 6.54 Å². The molecule has 0 bridgehead atoms. The highest BCUT2D eigenvalue weighted by molar-refractivity contribution is 14.0. The average Bonchev–Trinajstić information content (AvgIpc) is 2.59. The van der Waals surface area contributed by atoms with E-state index < -0.39 is 12.8 Å². The number of rotatable bonds is 6. The van der Waals surface area contributed by atoms with E-state index in [1.165, 1.54) is 17.8 Å². The Bertz CT molecular complexity index is 721. The third kappa shape index (κ3) is 7.89. The number of alkyl halides is 3. The molecule has 0 aliphatic rings. The number of pyridine rings is 1. The maximum Gasteiger partial charge on any atom is 0.422 e. The molecule has 142 valence electrons. The molecule has 0 atom stereocenters. The quantitative estimate of drug-likeness (QED) is 0.371. The number of benzene rings is 1. The van der Waals surface area contributed by atoms with Crippen molar-refractivity contribution in [3.05, 3.63) is 53.7 Å². The first-order valence-electron chi connectivity index (χ1n) is 7.66. The molecular formula is C17H20F3IN4O. The topological polar surface area (TPSA) is 72.5 Å². The Morgan fingerprint density at radius 1 is 1.19 bits per heavy atom. The minimum atomic E-state index is -4.41. The summed E-state index contributed by atoms with van der Waals surface area (Å²) in [5, 5.41) is 2.96. The van der Waals surface area contributed by atoms with Crippen molar-refractivity contribution in [2.75, 3.05) is 11.9 Å². The maximum absolute atomic E-state index is 12.2. The van der Waals surface area contributed by atoms with E-state index in [9.17, 15) is 13.2 Å². The molecule has 0 aliphatic heterocycles. The van der Waals surface area contributed by atoms with Crippen molar-refractivity contribution in [3.63, 3.8) is 0 Å². The molecule has 2 aromatic rings.